The Morgan fingerprint density at radius 3 is 2.33 bits per heavy atom. The van der Waals surface area contributed by atoms with Crippen LogP contribution in [0, 0.1) is 5.92 Å². The van der Waals surface area contributed by atoms with E-state index < -0.39 is 0 Å². The molecule has 0 aromatic carbocycles. The van der Waals surface area contributed by atoms with Gasteiger partial charge < -0.3 is 11.1 Å². The summed E-state index contributed by atoms with van der Waals surface area (Å²) in [6, 6.07) is 4.47. The molecule has 0 bridgehead atoms. The molecule has 1 aliphatic rings. The number of nitrogen functional groups attached to an aromatic ring is 1. The molecule has 0 unspecified atom stereocenters. The second-order valence-electron chi connectivity index (χ2n) is 7.15. The SMILES string of the molecule is CC(C)c1cnc(NC2CCC(Cc3ccc(N)nc3)CC2)nc1. The summed E-state index contributed by atoms with van der Waals surface area (Å²) in [5.74, 6) is 2.55. The fourth-order valence-corrected chi connectivity index (χ4v) is 3.29. The fraction of sp³-hybridized carbons (Fsp3) is 0.526. The van der Waals surface area contributed by atoms with Crippen molar-refractivity contribution in [2.75, 3.05) is 11.1 Å². The van der Waals surface area contributed by atoms with Gasteiger partial charge in [-0.25, -0.2) is 15.0 Å². The molecule has 3 N–H and O–H groups in total. The average Bonchev–Trinajstić information content (AvgIpc) is 2.59. The summed E-state index contributed by atoms with van der Waals surface area (Å²) in [4.78, 5) is 13.1. The number of hydrogen-bond donors (Lipinski definition) is 2. The van der Waals surface area contributed by atoms with E-state index in [1.165, 1.54) is 36.8 Å². The zero-order chi connectivity index (χ0) is 16.9. The lowest BCUT2D eigenvalue weighted by atomic mass is 9.82. The van der Waals surface area contributed by atoms with Crippen molar-refractivity contribution in [3.05, 3.63) is 41.9 Å². The van der Waals surface area contributed by atoms with Crippen LogP contribution in [-0.2, 0) is 6.42 Å². The van der Waals surface area contributed by atoms with Crippen molar-refractivity contribution in [2.45, 2.75) is 57.9 Å². The van der Waals surface area contributed by atoms with Crippen molar-refractivity contribution in [3.63, 3.8) is 0 Å². The molecular formula is C19H27N5. The molecule has 0 amide bonds. The van der Waals surface area contributed by atoms with Gasteiger partial charge in [-0.15, -0.1) is 0 Å². The zero-order valence-electron chi connectivity index (χ0n) is 14.6. The average molecular weight is 325 g/mol. The lowest BCUT2D eigenvalue weighted by Crippen LogP contribution is -2.27. The van der Waals surface area contributed by atoms with Gasteiger partial charge in [0.05, 0.1) is 0 Å². The van der Waals surface area contributed by atoms with E-state index in [-0.39, 0.29) is 0 Å². The van der Waals surface area contributed by atoms with E-state index >= 15 is 0 Å². The standard InChI is InChI=1S/C19H27N5/c1-13(2)16-11-22-19(23-12-16)24-17-6-3-14(4-7-17)9-15-5-8-18(20)21-10-15/h5,8,10-14,17H,3-4,6-7,9H2,1-2H3,(H2,20,21)(H,22,23,24). The molecule has 2 heterocycles. The predicted octanol–water partition coefficient (Wildman–Crippen LogP) is 3.79. The quantitative estimate of drug-likeness (QED) is 0.874. The Balaban J connectivity index is 1.47. The normalized spacial score (nSPS) is 21.0. The molecule has 3 rings (SSSR count). The van der Waals surface area contributed by atoms with Crippen molar-refractivity contribution in [1.29, 1.82) is 0 Å². The van der Waals surface area contributed by atoms with Gasteiger partial charge in [0.15, 0.2) is 0 Å². The molecule has 2 aromatic heterocycles. The first-order valence-electron chi connectivity index (χ1n) is 8.89. The number of hydrogen-bond acceptors (Lipinski definition) is 5. The molecule has 5 heteroatoms. The first-order valence-corrected chi connectivity index (χ1v) is 8.89. The van der Waals surface area contributed by atoms with Crippen molar-refractivity contribution in [1.82, 2.24) is 15.0 Å². The number of nitrogens with zero attached hydrogens (tertiary/aromatic N) is 3. The highest BCUT2D eigenvalue weighted by molar-refractivity contribution is 5.30. The number of rotatable bonds is 5. The minimum Gasteiger partial charge on any atom is -0.384 e. The summed E-state index contributed by atoms with van der Waals surface area (Å²) >= 11 is 0. The maximum atomic E-state index is 5.65. The number of anilines is 2. The topological polar surface area (TPSA) is 76.7 Å². The largest absolute Gasteiger partial charge is 0.384 e. The molecule has 2 aromatic rings. The zero-order valence-corrected chi connectivity index (χ0v) is 14.6. The highest BCUT2D eigenvalue weighted by Gasteiger charge is 2.22. The molecule has 0 radical (unpaired) electrons. The third-order valence-corrected chi connectivity index (χ3v) is 4.89. The maximum Gasteiger partial charge on any atom is 0.222 e. The summed E-state index contributed by atoms with van der Waals surface area (Å²) in [5, 5.41) is 3.49. The van der Waals surface area contributed by atoms with E-state index in [0.717, 1.165) is 18.3 Å². The van der Waals surface area contributed by atoms with E-state index in [0.29, 0.717) is 17.8 Å². The molecule has 24 heavy (non-hydrogen) atoms. The van der Waals surface area contributed by atoms with Gasteiger partial charge in [-0.3, -0.25) is 0 Å². The smallest absolute Gasteiger partial charge is 0.222 e. The van der Waals surface area contributed by atoms with Gasteiger partial charge in [0.2, 0.25) is 5.95 Å². The molecule has 1 aliphatic carbocycles. The Bertz CT molecular complexity index is 628. The van der Waals surface area contributed by atoms with E-state index in [1.807, 2.05) is 24.7 Å². The van der Waals surface area contributed by atoms with Crippen molar-refractivity contribution >= 4 is 11.8 Å². The van der Waals surface area contributed by atoms with Crippen LogP contribution in [0.15, 0.2) is 30.7 Å². The molecular weight excluding hydrogens is 298 g/mol. The number of pyridine rings is 1. The van der Waals surface area contributed by atoms with E-state index in [2.05, 4.69) is 40.2 Å². The third-order valence-electron chi connectivity index (χ3n) is 4.89. The molecule has 0 aliphatic heterocycles. The fourth-order valence-electron chi connectivity index (χ4n) is 3.29. The molecule has 0 atom stereocenters. The van der Waals surface area contributed by atoms with Crippen LogP contribution in [0.5, 0.6) is 0 Å². The number of nitrogens with one attached hydrogen (secondary N) is 1. The highest BCUT2D eigenvalue weighted by Crippen LogP contribution is 2.28. The van der Waals surface area contributed by atoms with Gasteiger partial charge in [0, 0.05) is 24.6 Å². The van der Waals surface area contributed by atoms with Gasteiger partial charge in [-0.1, -0.05) is 19.9 Å². The highest BCUT2D eigenvalue weighted by atomic mass is 15.1. The summed E-state index contributed by atoms with van der Waals surface area (Å²) in [5.41, 5.74) is 8.11. The second-order valence-corrected chi connectivity index (χ2v) is 7.15. The molecule has 0 saturated heterocycles. The number of nitrogens with two attached hydrogens (primary N) is 1. The van der Waals surface area contributed by atoms with Crippen LogP contribution in [0.3, 0.4) is 0 Å². The lowest BCUT2D eigenvalue weighted by Gasteiger charge is -2.29. The molecule has 0 spiro atoms. The van der Waals surface area contributed by atoms with Gasteiger partial charge in [0.25, 0.3) is 0 Å². The molecule has 5 nitrogen and oxygen atoms in total. The minimum absolute atomic E-state index is 0.470. The Morgan fingerprint density at radius 2 is 1.75 bits per heavy atom. The first-order chi connectivity index (χ1) is 11.6. The van der Waals surface area contributed by atoms with Crippen LogP contribution < -0.4 is 11.1 Å². The van der Waals surface area contributed by atoms with Crippen LogP contribution in [-0.4, -0.2) is 21.0 Å². The Kier molecular flexibility index (Phi) is 5.28. The predicted molar refractivity (Wildman–Crippen MR) is 97.8 cm³/mol. The van der Waals surface area contributed by atoms with Crippen molar-refractivity contribution in [2.24, 2.45) is 5.92 Å². The van der Waals surface area contributed by atoms with Crippen LogP contribution >= 0.6 is 0 Å². The van der Waals surface area contributed by atoms with Gasteiger partial charge in [-0.2, -0.15) is 0 Å². The van der Waals surface area contributed by atoms with Crippen LogP contribution in [0.2, 0.25) is 0 Å². The van der Waals surface area contributed by atoms with Gasteiger partial charge in [-0.05, 0) is 61.1 Å². The van der Waals surface area contributed by atoms with Crippen molar-refractivity contribution in [3.8, 4) is 0 Å². The van der Waals surface area contributed by atoms with E-state index in [1.54, 1.807) is 0 Å². The van der Waals surface area contributed by atoms with E-state index in [4.69, 9.17) is 5.73 Å². The number of aromatic nitrogens is 3. The monoisotopic (exact) mass is 325 g/mol. The summed E-state index contributed by atoms with van der Waals surface area (Å²) < 4.78 is 0. The van der Waals surface area contributed by atoms with Crippen molar-refractivity contribution < 1.29 is 0 Å². The lowest BCUT2D eigenvalue weighted by molar-refractivity contribution is 0.335. The van der Waals surface area contributed by atoms with Crippen LogP contribution in [0.1, 0.15) is 56.6 Å². The summed E-state index contributed by atoms with van der Waals surface area (Å²) in [6.07, 6.45) is 11.7. The van der Waals surface area contributed by atoms with Crippen LogP contribution in [0.25, 0.3) is 0 Å². The second kappa shape index (κ2) is 7.60. The molecule has 1 saturated carbocycles. The third kappa shape index (κ3) is 4.43. The molecule has 128 valence electrons. The molecule has 1 fully saturated rings. The van der Waals surface area contributed by atoms with Gasteiger partial charge in [0.1, 0.15) is 5.82 Å². The maximum absolute atomic E-state index is 5.65. The van der Waals surface area contributed by atoms with Gasteiger partial charge >= 0.3 is 0 Å². The van der Waals surface area contributed by atoms with Crippen LogP contribution in [0.4, 0.5) is 11.8 Å². The van der Waals surface area contributed by atoms with E-state index in [9.17, 15) is 0 Å². The Labute approximate surface area is 144 Å². The Hall–Kier alpha value is -2.17. The summed E-state index contributed by atoms with van der Waals surface area (Å²) in [7, 11) is 0. The minimum atomic E-state index is 0.470. The Morgan fingerprint density at radius 1 is 1.04 bits per heavy atom. The summed E-state index contributed by atoms with van der Waals surface area (Å²) in [6.45, 7) is 4.31. The first kappa shape index (κ1) is 16.7.